The molecule has 0 radical (unpaired) electrons. The molecule has 0 saturated heterocycles. The Bertz CT molecular complexity index is 905. The molecule has 0 aliphatic rings. The van der Waals surface area contributed by atoms with E-state index in [1.807, 2.05) is 0 Å². The van der Waals surface area contributed by atoms with Gasteiger partial charge in [-0.15, -0.1) is 0 Å². The Kier molecular flexibility index (Phi) is 3.72. The number of rotatable bonds is 3. The zero-order chi connectivity index (χ0) is 17.3. The van der Waals surface area contributed by atoms with Crippen LogP contribution < -0.4 is 5.73 Å². The summed E-state index contributed by atoms with van der Waals surface area (Å²) >= 11 is 0. The molecule has 3 heterocycles. The molecule has 24 heavy (non-hydrogen) atoms. The van der Waals surface area contributed by atoms with Crippen LogP contribution in [0.15, 0.2) is 41.2 Å². The van der Waals surface area contributed by atoms with Crippen LogP contribution in [0, 0.1) is 5.41 Å². The van der Waals surface area contributed by atoms with E-state index < -0.39 is 12.1 Å². The van der Waals surface area contributed by atoms with E-state index in [4.69, 9.17) is 11.1 Å². The summed E-state index contributed by atoms with van der Waals surface area (Å²) in [5, 5.41) is 11.4. The molecule has 0 atom stereocenters. The largest absolute Gasteiger partial charge is 0.471 e. The number of nitrogen functional groups attached to an aromatic ring is 1. The molecule has 10 heteroatoms. The summed E-state index contributed by atoms with van der Waals surface area (Å²) in [6, 6.07) is 5.97. The molecule has 3 aromatic rings. The fourth-order valence-electron chi connectivity index (χ4n) is 1.91. The van der Waals surface area contributed by atoms with Gasteiger partial charge in [0.05, 0.1) is 11.4 Å². The maximum Gasteiger partial charge on any atom is 0.471 e. The third-order valence-electron chi connectivity index (χ3n) is 3.02. The van der Waals surface area contributed by atoms with Crippen molar-refractivity contribution in [3.63, 3.8) is 0 Å². The Morgan fingerprint density at radius 3 is 2.62 bits per heavy atom. The molecule has 0 bridgehead atoms. The van der Waals surface area contributed by atoms with Crippen molar-refractivity contribution in [1.82, 2.24) is 20.1 Å². The van der Waals surface area contributed by atoms with Crippen molar-refractivity contribution in [3.8, 4) is 11.4 Å². The number of halogens is 3. The van der Waals surface area contributed by atoms with E-state index in [9.17, 15) is 13.2 Å². The third-order valence-corrected chi connectivity index (χ3v) is 3.02. The number of aromatic nitrogens is 4. The van der Waals surface area contributed by atoms with E-state index in [2.05, 4.69) is 24.6 Å². The fourth-order valence-corrected chi connectivity index (χ4v) is 1.91. The topological polar surface area (TPSA) is 115 Å². The van der Waals surface area contributed by atoms with Crippen LogP contribution >= 0.6 is 0 Å². The Hall–Kier alpha value is -3.30. The maximum absolute atomic E-state index is 12.5. The van der Waals surface area contributed by atoms with Crippen molar-refractivity contribution in [1.29, 1.82) is 5.41 Å². The van der Waals surface area contributed by atoms with Crippen LogP contribution in [0.4, 0.5) is 18.9 Å². The van der Waals surface area contributed by atoms with Crippen molar-refractivity contribution >= 4 is 11.4 Å². The lowest BCUT2D eigenvalue weighted by Gasteiger charge is -2.06. The average Bonchev–Trinajstić information content (AvgIpc) is 3.05. The normalized spacial score (nSPS) is 11.5. The maximum atomic E-state index is 12.5. The van der Waals surface area contributed by atoms with Crippen LogP contribution in [0.5, 0.6) is 0 Å². The highest BCUT2D eigenvalue weighted by Gasteiger charge is 2.38. The minimum Gasteiger partial charge on any atom is -0.397 e. The molecule has 3 rings (SSSR count). The van der Waals surface area contributed by atoms with Crippen LogP contribution in [-0.4, -0.2) is 25.8 Å². The Labute approximate surface area is 132 Å². The molecule has 0 amide bonds. The lowest BCUT2D eigenvalue weighted by atomic mass is 10.1. The molecule has 0 spiro atoms. The minimum atomic E-state index is -4.73. The number of nitrogens with two attached hydrogens (primary N) is 1. The molecule has 0 aliphatic heterocycles. The second kappa shape index (κ2) is 5.72. The van der Waals surface area contributed by atoms with Crippen LogP contribution in [0.3, 0.4) is 0 Å². The smallest absolute Gasteiger partial charge is 0.397 e. The predicted molar refractivity (Wildman–Crippen MR) is 77.1 cm³/mol. The van der Waals surface area contributed by atoms with E-state index in [0.717, 1.165) is 0 Å². The summed E-state index contributed by atoms with van der Waals surface area (Å²) in [5.41, 5.74) is 6.57. The first kappa shape index (κ1) is 15.6. The van der Waals surface area contributed by atoms with Gasteiger partial charge in [0.25, 0.3) is 0 Å². The molecular formula is C14H9F3N6O. The van der Waals surface area contributed by atoms with Crippen molar-refractivity contribution in [2.45, 2.75) is 6.18 Å². The van der Waals surface area contributed by atoms with Gasteiger partial charge in [0.15, 0.2) is 0 Å². The molecule has 0 unspecified atom stereocenters. The van der Waals surface area contributed by atoms with Crippen molar-refractivity contribution in [3.05, 3.63) is 53.9 Å². The Balaban J connectivity index is 1.97. The third kappa shape index (κ3) is 2.93. The van der Waals surface area contributed by atoms with E-state index >= 15 is 0 Å². The standard InChI is InChI=1S/C14H9F3N6O/c15-14(16,17)13-22-12(23-24-13)7-3-5-20-9(6-7)10(19)11-8(18)2-1-4-21-11/h1-6,19H,18H2. The first-order valence-corrected chi connectivity index (χ1v) is 6.53. The SMILES string of the molecule is N=C(c1cc(-c2noc(C(F)(F)F)n2)ccn1)c1ncccc1N. The van der Waals surface area contributed by atoms with Gasteiger partial charge in [0, 0.05) is 18.0 Å². The van der Waals surface area contributed by atoms with Gasteiger partial charge in [-0.3, -0.25) is 15.4 Å². The highest BCUT2D eigenvalue weighted by Crippen LogP contribution is 2.29. The second-order valence-corrected chi connectivity index (χ2v) is 4.67. The van der Waals surface area contributed by atoms with E-state index in [-0.39, 0.29) is 34.2 Å². The van der Waals surface area contributed by atoms with Gasteiger partial charge in [0.2, 0.25) is 5.82 Å². The zero-order valence-corrected chi connectivity index (χ0v) is 11.9. The lowest BCUT2D eigenvalue weighted by Crippen LogP contribution is -2.09. The van der Waals surface area contributed by atoms with Gasteiger partial charge < -0.3 is 10.3 Å². The summed E-state index contributed by atoms with van der Waals surface area (Å²) in [6.07, 6.45) is -1.93. The van der Waals surface area contributed by atoms with Crippen LogP contribution in [0.2, 0.25) is 0 Å². The van der Waals surface area contributed by atoms with Gasteiger partial charge in [-0.2, -0.15) is 18.2 Å². The Morgan fingerprint density at radius 1 is 1.17 bits per heavy atom. The summed E-state index contributed by atoms with van der Waals surface area (Å²) < 4.78 is 41.8. The number of pyridine rings is 2. The average molecular weight is 334 g/mol. The van der Waals surface area contributed by atoms with Crippen LogP contribution in [0.1, 0.15) is 17.3 Å². The van der Waals surface area contributed by atoms with Gasteiger partial charge in [-0.25, -0.2) is 0 Å². The van der Waals surface area contributed by atoms with Gasteiger partial charge in [0.1, 0.15) is 11.4 Å². The molecule has 122 valence electrons. The van der Waals surface area contributed by atoms with Crippen LogP contribution in [-0.2, 0) is 6.18 Å². The van der Waals surface area contributed by atoms with Crippen molar-refractivity contribution < 1.29 is 17.7 Å². The monoisotopic (exact) mass is 334 g/mol. The van der Waals surface area contributed by atoms with E-state index in [1.165, 1.54) is 24.5 Å². The van der Waals surface area contributed by atoms with Gasteiger partial charge in [-0.1, -0.05) is 5.16 Å². The zero-order valence-electron chi connectivity index (χ0n) is 11.9. The fraction of sp³-hybridized carbons (Fsp3) is 0.0714. The molecule has 0 saturated carbocycles. The second-order valence-electron chi connectivity index (χ2n) is 4.67. The highest BCUT2D eigenvalue weighted by atomic mass is 19.4. The Morgan fingerprint density at radius 2 is 1.96 bits per heavy atom. The molecule has 3 aromatic heterocycles. The first-order valence-electron chi connectivity index (χ1n) is 6.53. The predicted octanol–water partition coefficient (Wildman–Crippen LogP) is 2.54. The summed E-state index contributed by atoms with van der Waals surface area (Å²) in [4.78, 5) is 11.3. The van der Waals surface area contributed by atoms with Crippen molar-refractivity contribution in [2.75, 3.05) is 5.73 Å². The number of alkyl halides is 3. The number of nitrogens with zero attached hydrogens (tertiary/aromatic N) is 4. The summed E-state index contributed by atoms with van der Waals surface area (Å²) in [7, 11) is 0. The first-order chi connectivity index (χ1) is 11.4. The van der Waals surface area contributed by atoms with Gasteiger partial charge in [-0.05, 0) is 24.3 Å². The molecular weight excluding hydrogens is 325 g/mol. The lowest BCUT2D eigenvalue weighted by molar-refractivity contribution is -0.159. The highest BCUT2D eigenvalue weighted by molar-refractivity contribution is 6.11. The minimum absolute atomic E-state index is 0.0745. The number of hydrogen-bond acceptors (Lipinski definition) is 7. The molecule has 7 nitrogen and oxygen atoms in total. The summed E-state index contributed by atoms with van der Waals surface area (Å²) in [5.74, 6) is -1.70. The summed E-state index contributed by atoms with van der Waals surface area (Å²) in [6.45, 7) is 0. The van der Waals surface area contributed by atoms with E-state index in [1.54, 1.807) is 12.1 Å². The number of nitrogens with one attached hydrogen (secondary N) is 1. The van der Waals surface area contributed by atoms with Gasteiger partial charge >= 0.3 is 12.1 Å². The van der Waals surface area contributed by atoms with Crippen molar-refractivity contribution in [2.24, 2.45) is 0 Å². The number of anilines is 1. The molecule has 0 fully saturated rings. The number of hydrogen-bond donors (Lipinski definition) is 2. The van der Waals surface area contributed by atoms with E-state index in [0.29, 0.717) is 0 Å². The molecule has 0 aromatic carbocycles. The quantitative estimate of drug-likeness (QED) is 0.711. The van der Waals surface area contributed by atoms with Crippen LogP contribution in [0.25, 0.3) is 11.4 Å². The molecule has 0 aliphatic carbocycles. The molecule has 3 N–H and O–H groups in total.